The van der Waals surface area contributed by atoms with Crippen LogP contribution < -0.4 is 11.1 Å². The van der Waals surface area contributed by atoms with Crippen molar-refractivity contribution < 1.29 is 9.80 Å². The molecule has 0 amide bonds. The first-order valence-electron chi connectivity index (χ1n) is 7.04. The fraction of sp³-hybridized carbons (Fsp3) is 0.0588. The Bertz CT molecular complexity index is 812. The van der Waals surface area contributed by atoms with Crippen LogP contribution in [0.25, 0.3) is 16.9 Å². The second-order valence-corrected chi connectivity index (χ2v) is 6.03. The SMILES string of the molecule is NC(=[NH2+])SCc1cn(-c2ccccc2)nc1-c1ccc(F)cc1. The summed E-state index contributed by atoms with van der Waals surface area (Å²) in [5, 5.41) is 10.5. The summed E-state index contributed by atoms with van der Waals surface area (Å²) in [6.07, 6.45) is 1.95. The lowest BCUT2D eigenvalue weighted by Gasteiger charge is -2.01. The molecule has 116 valence electrons. The van der Waals surface area contributed by atoms with Crippen molar-refractivity contribution in [2.24, 2.45) is 5.73 Å². The van der Waals surface area contributed by atoms with Crippen LogP contribution in [0.3, 0.4) is 0 Å². The molecule has 0 saturated carbocycles. The molecule has 1 aromatic heterocycles. The van der Waals surface area contributed by atoms with E-state index in [4.69, 9.17) is 11.1 Å². The summed E-state index contributed by atoms with van der Waals surface area (Å²) in [6, 6.07) is 16.1. The Morgan fingerprint density at radius 1 is 1.13 bits per heavy atom. The van der Waals surface area contributed by atoms with Crippen molar-refractivity contribution in [2.75, 3.05) is 0 Å². The van der Waals surface area contributed by atoms with Gasteiger partial charge in [-0.2, -0.15) is 5.10 Å². The van der Waals surface area contributed by atoms with E-state index < -0.39 is 0 Å². The molecule has 0 bridgehead atoms. The number of hydrogen-bond acceptors (Lipinski definition) is 2. The Hall–Kier alpha value is -2.60. The number of aromatic nitrogens is 2. The van der Waals surface area contributed by atoms with E-state index >= 15 is 0 Å². The van der Waals surface area contributed by atoms with E-state index in [1.807, 2.05) is 36.5 Å². The molecule has 0 aliphatic carbocycles. The molecule has 0 fully saturated rings. The number of halogens is 1. The molecule has 4 N–H and O–H groups in total. The Labute approximate surface area is 137 Å². The lowest BCUT2D eigenvalue weighted by molar-refractivity contribution is -0.110. The van der Waals surface area contributed by atoms with Crippen LogP contribution in [0, 0.1) is 5.82 Å². The molecule has 0 radical (unpaired) electrons. The van der Waals surface area contributed by atoms with E-state index in [0.717, 1.165) is 22.5 Å². The first-order valence-corrected chi connectivity index (χ1v) is 8.02. The van der Waals surface area contributed by atoms with E-state index in [0.29, 0.717) is 10.9 Å². The molecule has 0 unspecified atom stereocenters. The predicted molar refractivity (Wildman–Crippen MR) is 91.4 cm³/mol. The molecule has 23 heavy (non-hydrogen) atoms. The minimum atomic E-state index is -0.272. The van der Waals surface area contributed by atoms with Gasteiger partial charge in [0.1, 0.15) is 5.82 Å². The Morgan fingerprint density at radius 3 is 2.48 bits per heavy atom. The third-order valence-electron chi connectivity index (χ3n) is 3.32. The smallest absolute Gasteiger partial charge is 0.282 e. The topological polar surface area (TPSA) is 69.4 Å². The van der Waals surface area contributed by atoms with E-state index in [9.17, 15) is 4.39 Å². The summed E-state index contributed by atoms with van der Waals surface area (Å²) < 4.78 is 15.0. The molecular weight excluding hydrogens is 311 g/mol. The lowest BCUT2D eigenvalue weighted by atomic mass is 10.1. The normalized spacial score (nSPS) is 10.7. The van der Waals surface area contributed by atoms with Gasteiger partial charge in [0, 0.05) is 23.1 Å². The molecule has 0 atom stereocenters. The molecule has 6 heteroatoms. The average molecular weight is 327 g/mol. The molecule has 2 aromatic carbocycles. The van der Waals surface area contributed by atoms with Gasteiger partial charge >= 0.3 is 0 Å². The highest BCUT2D eigenvalue weighted by atomic mass is 32.2. The minimum absolute atomic E-state index is 0.272. The maximum Gasteiger partial charge on any atom is 0.300 e. The molecule has 0 saturated heterocycles. The molecule has 3 aromatic rings. The predicted octanol–water partition coefficient (Wildman–Crippen LogP) is 1.99. The summed E-state index contributed by atoms with van der Waals surface area (Å²) >= 11 is 1.35. The van der Waals surface area contributed by atoms with Crippen LogP contribution in [-0.2, 0) is 5.75 Å². The summed E-state index contributed by atoms with van der Waals surface area (Å²) in [5.74, 6) is 0.328. The highest BCUT2D eigenvalue weighted by Crippen LogP contribution is 2.26. The zero-order valence-corrected chi connectivity index (χ0v) is 13.1. The minimum Gasteiger partial charge on any atom is -0.282 e. The van der Waals surface area contributed by atoms with Gasteiger partial charge in [-0.25, -0.2) is 9.07 Å². The number of nitrogens with two attached hydrogens (primary N) is 2. The van der Waals surface area contributed by atoms with Crippen molar-refractivity contribution in [3.8, 4) is 16.9 Å². The van der Waals surface area contributed by atoms with Crippen molar-refractivity contribution in [1.29, 1.82) is 0 Å². The molecule has 0 spiro atoms. The maximum absolute atomic E-state index is 13.2. The van der Waals surface area contributed by atoms with Gasteiger partial charge in [0.05, 0.1) is 11.4 Å². The van der Waals surface area contributed by atoms with Crippen LogP contribution >= 0.6 is 11.8 Å². The summed E-state index contributed by atoms with van der Waals surface area (Å²) in [7, 11) is 0. The van der Waals surface area contributed by atoms with Crippen LogP contribution in [0.4, 0.5) is 4.39 Å². The van der Waals surface area contributed by atoms with E-state index in [2.05, 4.69) is 5.10 Å². The number of amidine groups is 1. The Morgan fingerprint density at radius 2 is 1.83 bits per heavy atom. The van der Waals surface area contributed by atoms with Crippen LogP contribution in [-0.4, -0.2) is 14.9 Å². The number of para-hydroxylation sites is 1. The number of hydrogen-bond donors (Lipinski definition) is 2. The van der Waals surface area contributed by atoms with Gasteiger partial charge in [0.2, 0.25) is 0 Å². The standard InChI is InChI=1S/C17H15FN4S/c18-14-8-6-12(7-9-14)16-13(11-23-17(19)20)10-22(21-16)15-4-2-1-3-5-15/h1-10H,11H2,(H3,19,20)/p+1. The number of rotatable bonds is 4. The first-order chi connectivity index (χ1) is 11.1. The van der Waals surface area contributed by atoms with Crippen molar-refractivity contribution in [1.82, 2.24) is 9.78 Å². The fourth-order valence-corrected chi connectivity index (χ4v) is 2.77. The molecule has 0 aliphatic heterocycles. The van der Waals surface area contributed by atoms with Gasteiger partial charge in [-0.1, -0.05) is 18.2 Å². The second-order valence-electron chi connectivity index (χ2n) is 4.98. The largest absolute Gasteiger partial charge is 0.300 e. The zero-order valence-electron chi connectivity index (χ0n) is 12.3. The number of thioether (sulfide) groups is 1. The second kappa shape index (κ2) is 6.66. The van der Waals surface area contributed by atoms with Gasteiger partial charge < -0.3 is 0 Å². The Balaban J connectivity index is 2.03. The summed E-state index contributed by atoms with van der Waals surface area (Å²) in [5.41, 5.74) is 9.14. The molecule has 3 rings (SSSR count). The maximum atomic E-state index is 13.2. The third-order valence-corrected chi connectivity index (χ3v) is 4.11. The van der Waals surface area contributed by atoms with Crippen LogP contribution in [0.2, 0.25) is 0 Å². The highest BCUT2D eigenvalue weighted by molar-refractivity contribution is 8.12. The molecule has 4 nitrogen and oxygen atoms in total. The van der Waals surface area contributed by atoms with Crippen molar-refractivity contribution in [3.05, 3.63) is 72.2 Å². The van der Waals surface area contributed by atoms with Crippen molar-refractivity contribution in [3.63, 3.8) is 0 Å². The quantitative estimate of drug-likeness (QED) is 0.569. The van der Waals surface area contributed by atoms with Crippen molar-refractivity contribution in [2.45, 2.75) is 5.75 Å². The zero-order chi connectivity index (χ0) is 16.2. The van der Waals surface area contributed by atoms with Gasteiger partial charge in [0.15, 0.2) is 0 Å². The molecular formula is C17H16FN4S+. The van der Waals surface area contributed by atoms with Gasteiger partial charge in [-0.05, 0) is 48.2 Å². The lowest BCUT2D eigenvalue weighted by Crippen LogP contribution is -2.43. The van der Waals surface area contributed by atoms with Gasteiger partial charge in [0.25, 0.3) is 5.17 Å². The van der Waals surface area contributed by atoms with Gasteiger partial charge in [-0.15, -0.1) is 0 Å². The van der Waals surface area contributed by atoms with E-state index in [-0.39, 0.29) is 5.82 Å². The number of benzene rings is 2. The van der Waals surface area contributed by atoms with Gasteiger partial charge in [-0.3, -0.25) is 11.1 Å². The Kier molecular flexibility index (Phi) is 4.43. The molecule has 0 aliphatic rings. The fourth-order valence-electron chi connectivity index (χ4n) is 2.24. The van der Waals surface area contributed by atoms with Crippen LogP contribution in [0.1, 0.15) is 5.56 Å². The molecule has 1 heterocycles. The summed E-state index contributed by atoms with van der Waals surface area (Å²) in [4.78, 5) is 0. The third kappa shape index (κ3) is 3.60. The number of nitrogens with zero attached hydrogens (tertiary/aromatic N) is 2. The van der Waals surface area contributed by atoms with Crippen LogP contribution in [0.5, 0.6) is 0 Å². The van der Waals surface area contributed by atoms with Crippen molar-refractivity contribution >= 4 is 16.9 Å². The van der Waals surface area contributed by atoms with E-state index in [1.54, 1.807) is 16.8 Å². The van der Waals surface area contributed by atoms with Crippen LogP contribution in [0.15, 0.2) is 60.8 Å². The highest BCUT2D eigenvalue weighted by Gasteiger charge is 2.13. The van der Waals surface area contributed by atoms with E-state index in [1.165, 1.54) is 23.9 Å². The average Bonchev–Trinajstić information content (AvgIpc) is 2.99. The monoisotopic (exact) mass is 327 g/mol. The summed E-state index contributed by atoms with van der Waals surface area (Å²) in [6.45, 7) is 0. The first kappa shape index (κ1) is 15.3.